The number of thiazole rings is 1. The molecule has 0 bridgehead atoms. The molecule has 0 amide bonds. The van der Waals surface area contributed by atoms with Crippen LogP contribution in [0.25, 0.3) is 10.9 Å². The highest BCUT2D eigenvalue weighted by Crippen LogP contribution is 2.20. The standard InChI is InChI=1S/C22H18N4O3S2/c23-15-17-3-6-21-18(13-17)7-10-26(21)11-8-19(27)14-16-1-4-20(5-2-16)31(28,29)25-22-24-9-12-30-22/h1-7,9-10,12-13H,8,11,14H2,(H,24,25). The van der Waals surface area contributed by atoms with E-state index in [1.165, 1.54) is 29.7 Å². The van der Waals surface area contributed by atoms with Crippen LogP contribution in [0.3, 0.4) is 0 Å². The molecular weight excluding hydrogens is 432 g/mol. The summed E-state index contributed by atoms with van der Waals surface area (Å²) < 4.78 is 29.2. The molecule has 0 atom stereocenters. The number of sulfonamides is 1. The maximum Gasteiger partial charge on any atom is 0.263 e. The van der Waals surface area contributed by atoms with Crippen LogP contribution in [-0.2, 0) is 27.8 Å². The molecule has 7 nitrogen and oxygen atoms in total. The van der Waals surface area contributed by atoms with Crippen molar-refractivity contribution in [2.75, 3.05) is 4.72 Å². The normalized spacial score (nSPS) is 11.3. The topological polar surface area (TPSA) is 105 Å². The van der Waals surface area contributed by atoms with Gasteiger partial charge < -0.3 is 4.57 Å². The first-order valence-corrected chi connectivity index (χ1v) is 11.8. The first-order chi connectivity index (χ1) is 14.9. The molecule has 1 N–H and O–H groups in total. The Balaban J connectivity index is 1.36. The van der Waals surface area contributed by atoms with Crippen LogP contribution in [0.4, 0.5) is 5.13 Å². The molecule has 4 rings (SSSR count). The summed E-state index contributed by atoms with van der Waals surface area (Å²) in [5.74, 6) is 0.0620. The van der Waals surface area contributed by atoms with Crippen LogP contribution in [-0.4, -0.2) is 23.8 Å². The fraction of sp³-hybridized carbons (Fsp3) is 0.136. The number of nitriles is 1. The average molecular weight is 451 g/mol. The third kappa shape index (κ3) is 4.82. The minimum atomic E-state index is -3.70. The quantitative estimate of drug-likeness (QED) is 0.437. The lowest BCUT2D eigenvalue weighted by atomic mass is 10.1. The number of rotatable bonds is 8. The highest BCUT2D eigenvalue weighted by Gasteiger charge is 2.15. The van der Waals surface area contributed by atoms with Gasteiger partial charge in [0.15, 0.2) is 5.13 Å². The molecular formula is C22H18N4O3S2. The monoisotopic (exact) mass is 450 g/mol. The van der Waals surface area contributed by atoms with Crippen molar-refractivity contribution in [2.24, 2.45) is 0 Å². The summed E-state index contributed by atoms with van der Waals surface area (Å²) in [6.45, 7) is 0.540. The summed E-state index contributed by atoms with van der Waals surface area (Å²) in [6, 6.07) is 15.8. The molecule has 0 saturated heterocycles. The van der Waals surface area contributed by atoms with Crippen LogP contribution in [0.15, 0.2) is 71.2 Å². The second kappa shape index (κ2) is 8.71. The smallest absolute Gasteiger partial charge is 0.263 e. The maximum absolute atomic E-state index is 12.4. The molecule has 0 radical (unpaired) electrons. The van der Waals surface area contributed by atoms with E-state index < -0.39 is 10.0 Å². The van der Waals surface area contributed by atoms with Gasteiger partial charge in [0.1, 0.15) is 5.78 Å². The molecule has 0 fully saturated rings. The molecule has 0 aliphatic carbocycles. The Morgan fingerprint density at radius 3 is 2.68 bits per heavy atom. The van der Waals surface area contributed by atoms with Crippen LogP contribution in [0, 0.1) is 11.3 Å². The Kier molecular flexibility index (Phi) is 5.84. The number of hydrogen-bond donors (Lipinski definition) is 1. The Morgan fingerprint density at radius 1 is 1.16 bits per heavy atom. The number of aromatic nitrogens is 2. The van der Waals surface area contributed by atoms with Crippen molar-refractivity contribution in [1.82, 2.24) is 9.55 Å². The average Bonchev–Trinajstić information content (AvgIpc) is 3.41. The molecule has 0 spiro atoms. The second-order valence-corrected chi connectivity index (χ2v) is 9.52. The zero-order chi connectivity index (χ0) is 21.8. The van der Waals surface area contributed by atoms with E-state index in [0.29, 0.717) is 23.7 Å². The van der Waals surface area contributed by atoms with Crippen molar-refractivity contribution in [2.45, 2.75) is 24.3 Å². The lowest BCUT2D eigenvalue weighted by Crippen LogP contribution is -2.13. The molecule has 2 heterocycles. The number of ketones is 1. The number of carbonyl (C=O) groups excluding carboxylic acids is 1. The Hall–Kier alpha value is -3.48. The zero-order valence-corrected chi connectivity index (χ0v) is 18.0. The third-order valence-corrected chi connectivity index (χ3v) is 6.99. The maximum atomic E-state index is 12.4. The fourth-order valence-corrected chi connectivity index (χ4v) is 5.05. The number of aryl methyl sites for hydroxylation is 1. The lowest BCUT2D eigenvalue weighted by Gasteiger charge is -2.07. The van der Waals surface area contributed by atoms with Crippen LogP contribution in [0.2, 0.25) is 0 Å². The predicted molar refractivity (Wildman–Crippen MR) is 119 cm³/mol. The van der Waals surface area contributed by atoms with E-state index in [4.69, 9.17) is 5.26 Å². The zero-order valence-electron chi connectivity index (χ0n) is 16.4. The van der Waals surface area contributed by atoms with Crippen LogP contribution in [0.5, 0.6) is 0 Å². The van der Waals surface area contributed by atoms with Gasteiger partial charge >= 0.3 is 0 Å². The van der Waals surface area contributed by atoms with Crippen LogP contribution < -0.4 is 4.72 Å². The van der Waals surface area contributed by atoms with Gasteiger partial charge in [-0.2, -0.15) is 5.26 Å². The molecule has 156 valence electrons. The van der Waals surface area contributed by atoms with Crippen molar-refractivity contribution in [3.8, 4) is 6.07 Å². The number of nitrogens with zero attached hydrogens (tertiary/aromatic N) is 3. The van der Waals surface area contributed by atoms with Gasteiger partial charge in [-0.15, -0.1) is 11.3 Å². The third-order valence-electron chi connectivity index (χ3n) is 4.82. The molecule has 0 unspecified atom stereocenters. The molecule has 0 aliphatic rings. The molecule has 2 aromatic carbocycles. The number of benzene rings is 2. The first kappa shape index (κ1) is 20.8. The van der Waals surface area contributed by atoms with Crippen LogP contribution >= 0.6 is 11.3 Å². The second-order valence-electron chi connectivity index (χ2n) is 6.95. The summed E-state index contributed by atoms with van der Waals surface area (Å²) in [4.78, 5) is 16.5. The number of carbonyl (C=O) groups is 1. The van der Waals surface area contributed by atoms with Gasteiger partial charge in [-0.25, -0.2) is 13.4 Å². The Bertz CT molecular complexity index is 1370. The summed E-state index contributed by atoms with van der Waals surface area (Å²) in [7, 11) is -3.70. The van der Waals surface area contributed by atoms with E-state index >= 15 is 0 Å². The summed E-state index contributed by atoms with van der Waals surface area (Å²) in [6.07, 6.45) is 4.03. The van der Waals surface area contributed by atoms with E-state index in [0.717, 1.165) is 16.5 Å². The van der Waals surface area contributed by atoms with Gasteiger partial charge in [0.2, 0.25) is 0 Å². The lowest BCUT2D eigenvalue weighted by molar-refractivity contribution is -0.118. The largest absolute Gasteiger partial charge is 0.347 e. The first-order valence-electron chi connectivity index (χ1n) is 9.46. The van der Waals surface area contributed by atoms with Crippen molar-refractivity contribution in [3.63, 3.8) is 0 Å². The number of fused-ring (bicyclic) bond motifs is 1. The van der Waals surface area contributed by atoms with Crippen molar-refractivity contribution in [1.29, 1.82) is 5.26 Å². The predicted octanol–water partition coefficient (Wildman–Crippen LogP) is 3.97. The molecule has 0 aliphatic heterocycles. The van der Waals surface area contributed by atoms with Gasteiger partial charge in [-0.1, -0.05) is 12.1 Å². The highest BCUT2D eigenvalue weighted by atomic mass is 32.2. The number of hydrogen-bond acceptors (Lipinski definition) is 6. The van der Waals surface area contributed by atoms with Gasteiger partial charge in [0.25, 0.3) is 10.0 Å². The SMILES string of the molecule is N#Cc1ccc2c(ccn2CCC(=O)Cc2ccc(S(=O)(=O)Nc3nccs3)cc2)c1. The number of Topliss-reactive ketones (excluding diaryl/α,β-unsaturated/α-hetero) is 1. The molecule has 0 saturated carbocycles. The van der Waals surface area contributed by atoms with E-state index in [9.17, 15) is 13.2 Å². The summed E-state index contributed by atoms with van der Waals surface area (Å²) in [5.41, 5.74) is 2.34. The Morgan fingerprint density at radius 2 is 1.97 bits per heavy atom. The number of nitrogens with one attached hydrogen (secondary N) is 1. The minimum Gasteiger partial charge on any atom is -0.347 e. The Labute approximate surface area is 183 Å². The summed E-state index contributed by atoms with van der Waals surface area (Å²) >= 11 is 1.20. The molecule has 4 aromatic rings. The summed E-state index contributed by atoms with van der Waals surface area (Å²) in [5, 5.41) is 12.0. The van der Waals surface area contributed by atoms with Gasteiger partial charge in [-0.05, 0) is 42.0 Å². The van der Waals surface area contributed by atoms with E-state index in [-0.39, 0.29) is 17.1 Å². The van der Waals surface area contributed by atoms with E-state index in [1.54, 1.807) is 23.6 Å². The molecule has 2 aromatic heterocycles. The molecule has 31 heavy (non-hydrogen) atoms. The highest BCUT2D eigenvalue weighted by molar-refractivity contribution is 7.93. The molecule has 9 heteroatoms. The van der Waals surface area contributed by atoms with Crippen molar-refractivity contribution in [3.05, 3.63) is 77.4 Å². The number of anilines is 1. The van der Waals surface area contributed by atoms with Crippen molar-refractivity contribution < 1.29 is 13.2 Å². The minimum absolute atomic E-state index is 0.0620. The van der Waals surface area contributed by atoms with E-state index in [1.807, 2.05) is 29.0 Å². The van der Waals surface area contributed by atoms with Gasteiger partial charge in [0.05, 0.1) is 16.5 Å². The van der Waals surface area contributed by atoms with Crippen molar-refractivity contribution >= 4 is 43.2 Å². The fourth-order valence-electron chi connectivity index (χ4n) is 3.26. The van der Waals surface area contributed by atoms with E-state index in [2.05, 4.69) is 15.8 Å². The van der Waals surface area contributed by atoms with Gasteiger partial charge in [-0.3, -0.25) is 9.52 Å². The van der Waals surface area contributed by atoms with Crippen LogP contribution in [0.1, 0.15) is 17.5 Å². The van der Waals surface area contributed by atoms with Gasteiger partial charge in [0, 0.05) is 48.1 Å².